The Balaban J connectivity index is -0.000000232. The molecule has 1 aliphatic rings. The topological polar surface area (TPSA) is 50.2 Å². The Morgan fingerprint density at radius 3 is 1.22 bits per heavy atom. The van der Waals surface area contributed by atoms with Crippen molar-refractivity contribution < 1.29 is 34.9 Å². The van der Waals surface area contributed by atoms with E-state index in [0.717, 1.165) is 52.4 Å². The zero-order valence-electron chi connectivity index (χ0n) is 14.0. The molecule has 3 N–H and O–H groups in total. The van der Waals surface area contributed by atoms with Crippen molar-refractivity contribution in [2.45, 2.75) is 25.7 Å². The van der Waals surface area contributed by atoms with Gasteiger partial charge in [0.1, 0.15) is 0 Å². The molecule has 0 aromatic carbocycles. The van der Waals surface area contributed by atoms with E-state index < -0.39 is 6.68 Å². The van der Waals surface area contributed by atoms with Crippen molar-refractivity contribution in [2.24, 2.45) is 0 Å². The van der Waals surface area contributed by atoms with Crippen molar-refractivity contribution in [3.63, 3.8) is 0 Å². The molecule has 0 spiro atoms. The van der Waals surface area contributed by atoms with Crippen LogP contribution >= 0.6 is 12.4 Å². The number of halogens is 4. The van der Waals surface area contributed by atoms with Crippen molar-refractivity contribution in [1.82, 2.24) is 16.0 Å². The molecule has 0 aromatic heterocycles. The van der Waals surface area contributed by atoms with Crippen LogP contribution in [0.15, 0.2) is 0 Å². The van der Waals surface area contributed by atoms with E-state index in [0.29, 0.717) is 0 Å². The van der Waals surface area contributed by atoms with Crippen molar-refractivity contribution >= 4 is 12.4 Å². The Kier molecular flexibility index (Phi) is 37.5. The first-order chi connectivity index (χ1) is 9.73. The van der Waals surface area contributed by atoms with Crippen LogP contribution in [0, 0.1) is 14.1 Å². The first-order valence-corrected chi connectivity index (χ1v) is 7.32. The quantitative estimate of drug-likeness (QED) is 0.437. The molecule has 9 heteroatoms. The summed E-state index contributed by atoms with van der Waals surface area (Å²) in [7, 11) is 0. The molecule has 0 amide bonds. The van der Waals surface area contributed by atoms with Crippen molar-refractivity contribution in [1.29, 1.82) is 0 Å². The molecular formula is C14H31ClF3N4Ti. The third kappa shape index (κ3) is 34.8. The van der Waals surface area contributed by atoms with Gasteiger partial charge in [0.25, 0.3) is 0 Å². The molecule has 0 aliphatic carbocycles. The van der Waals surface area contributed by atoms with Gasteiger partial charge in [-0.1, -0.05) is 12.8 Å². The number of hydrogen-bond acceptors (Lipinski definition) is 3. The van der Waals surface area contributed by atoms with Crippen LogP contribution in [-0.2, 0) is 21.7 Å². The van der Waals surface area contributed by atoms with Crippen LogP contribution < -0.4 is 16.0 Å². The average molecular weight is 396 g/mol. The van der Waals surface area contributed by atoms with E-state index in [-0.39, 0.29) is 41.6 Å². The monoisotopic (exact) mass is 395 g/mol. The smallest absolute Gasteiger partial charge is 0.662 e. The standard InChI is InChI=1S/C12H27N4.CF3.CH3.ClH.Ti/c1-5-13-7-2-9-15-11-4-12-16-10-3-8-14-6-1;2-1(3)4;;;/h13-15H,1-12H2;;1H3;1H;/q3*-1;;+3. The summed E-state index contributed by atoms with van der Waals surface area (Å²) in [6.45, 7) is 5.71. The van der Waals surface area contributed by atoms with Crippen molar-refractivity contribution in [3.05, 3.63) is 19.4 Å². The number of rotatable bonds is 0. The molecule has 0 aromatic rings. The van der Waals surface area contributed by atoms with E-state index >= 15 is 0 Å². The largest absolute Gasteiger partial charge is 3.00 e. The van der Waals surface area contributed by atoms with E-state index in [1.807, 2.05) is 0 Å². The van der Waals surface area contributed by atoms with Crippen LogP contribution in [-0.4, -0.2) is 52.4 Å². The predicted octanol–water partition coefficient (Wildman–Crippen LogP) is 2.91. The molecule has 0 bridgehead atoms. The van der Waals surface area contributed by atoms with E-state index in [2.05, 4.69) is 21.3 Å². The maximum Gasteiger partial charge on any atom is 3.00 e. The van der Waals surface area contributed by atoms with E-state index in [4.69, 9.17) is 0 Å². The first kappa shape index (κ1) is 31.4. The molecule has 1 fully saturated rings. The minimum Gasteiger partial charge on any atom is -0.662 e. The maximum absolute atomic E-state index is 9.58. The summed E-state index contributed by atoms with van der Waals surface area (Å²) in [5.41, 5.74) is 0. The third-order valence-electron chi connectivity index (χ3n) is 2.75. The summed E-state index contributed by atoms with van der Waals surface area (Å²) in [6.07, 6.45) is 4.82. The van der Waals surface area contributed by atoms with Gasteiger partial charge in [-0.05, 0) is 52.1 Å². The molecule has 1 heterocycles. The SMILES string of the molecule is C1C[N-]CCCNCCCNCCCNC1.Cl.F[C-](F)F.[CH3-].[Ti+3]. The second-order valence-corrected chi connectivity index (χ2v) is 4.55. The van der Waals surface area contributed by atoms with Gasteiger partial charge in [-0.2, -0.15) is 0 Å². The molecular weight excluding hydrogens is 364 g/mol. The maximum atomic E-state index is 9.58. The fraction of sp³-hybridized carbons (Fsp3) is 0.857. The van der Waals surface area contributed by atoms with Gasteiger partial charge in [0.2, 0.25) is 0 Å². The fourth-order valence-electron chi connectivity index (χ4n) is 1.80. The molecule has 0 saturated carbocycles. The zero-order chi connectivity index (χ0) is 14.9. The molecule has 1 saturated heterocycles. The van der Waals surface area contributed by atoms with Gasteiger partial charge in [-0.15, -0.1) is 25.5 Å². The summed E-state index contributed by atoms with van der Waals surface area (Å²) >= 11 is 0. The molecule has 1 radical (unpaired) electrons. The van der Waals surface area contributed by atoms with Gasteiger partial charge in [-0.3, -0.25) is 0 Å². The van der Waals surface area contributed by atoms with Crippen LogP contribution in [0.3, 0.4) is 0 Å². The Labute approximate surface area is 160 Å². The third-order valence-corrected chi connectivity index (χ3v) is 2.75. The van der Waals surface area contributed by atoms with Gasteiger partial charge in [0.15, 0.2) is 6.68 Å². The number of hydrogen-bond donors (Lipinski definition) is 3. The fourth-order valence-corrected chi connectivity index (χ4v) is 1.80. The van der Waals surface area contributed by atoms with Crippen LogP contribution in [0.2, 0.25) is 0 Å². The van der Waals surface area contributed by atoms with Crippen molar-refractivity contribution in [3.8, 4) is 0 Å². The van der Waals surface area contributed by atoms with Gasteiger partial charge in [-0.25, -0.2) is 0 Å². The van der Waals surface area contributed by atoms with Gasteiger partial charge < -0.3 is 41.9 Å². The second-order valence-electron chi connectivity index (χ2n) is 4.55. The van der Waals surface area contributed by atoms with Gasteiger partial charge in [0.05, 0.1) is 0 Å². The number of nitrogens with one attached hydrogen (secondary N) is 3. The van der Waals surface area contributed by atoms with E-state index in [1.165, 1.54) is 25.7 Å². The Morgan fingerprint density at radius 1 is 0.652 bits per heavy atom. The summed E-state index contributed by atoms with van der Waals surface area (Å²) in [4.78, 5) is 0. The van der Waals surface area contributed by atoms with E-state index in [1.54, 1.807) is 0 Å². The molecule has 23 heavy (non-hydrogen) atoms. The Morgan fingerprint density at radius 2 is 0.913 bits per heavy atom. The molecule has 139 valence electrons. The number of nitrogens with zero attached hydrogens (tertiary/aromatic N) is 1. The van der Waals surface area contributed by atoms with Gasteiger partial charge >= 0.3 is 21.7 Å². The summed E-state index contributed by atoms with van der Waals surface area (Å²) in [6, 6.07) is 0. The molecule has 1 rings (SSSR count). The van der Waals surface area contributed by atoms with Crippen LogP contribution in [0.1, 0.15) is 25.7 Å². The summed E-state index contributed by atoms with van der Waals surface area (Å²) < 4.78 is 28.8. The normalized spacial score (nSPS) is 18.3. The van der Waals surface area contributed by atoms with Crippen LogP contribution in [0.4, 0.5) is 13.2 Å². The van der Waals surface area contributed by atoms with Crippen molar-refractivity contribution in [2.75, 3.05) is 52.4 Å². The minimum atomic E-state index is -3.08. The van der Waals surface area contributed by atoms with Gasteiger partial charge in [0, 0.05) is 0 Å². The molecule has 0 atom stereocenters. The van der Waals surface area contributed by atoms with E-state index in [9.17, 15) is 13.2 Å². The minimum absolute atomic E-state index is 0. The molecule has 4 nitrogen and oxygen atoms in total. The summed E-state index contributed by atoms with van der Waals surface area (Å²) in [5, 5.41) is 14.9. The first-order valence-electron chi connectivity index (χ1n) is 7.32. The summed E-state index contributed by atoms with van der Waals surface area (Å²) in [5.74, 6) is 0. The van der Waals surface area contributed by atoms with Crippen LogP contribution in [0.25, 0.3) is 5.32 Å². The average Bonchev–Trinajstić information content (AvgIpc) is 2.38. The second kappa shape index (κ2) is 27.5. The Hall–Kier alpha value is 0.634. The predicted molar refractivity (Wildman–Crippen MR) is 90.4 cm³/mol. The Bertz CT molecular complexity index is 131. The zero-order valence-corrected chi connectivity index (χ0v) is 16.4. The molecule has 0 unspecified atom stereocenters. The van der Waals surface area contributed by atoms with Crippen LogP contribution in [0.5, 0.6) is 0 Å². The molecule has 1 aliphatic heterocycles.